The Kier molecular flexibility index (Phi) is 8.24. The first-order chi connectivity index (χ1) is 6.68. The first kappa shape index (κ1) is 13.2. The number of carbonyl (C=O) groups is 1. The number of nitrogens with one attached hydrogen (secondary N) is 1. The van der Waals surface area contributed by atoms with E-state index < -0.39 is 12.0 Å². The number of hydrogen-bond donors (Lipinski definition) is 2. The number of rotatable bonds is 9. The van der Waals surface area contributed by atoms with Gasteiger partial charge in [-0.05, 0) is 32.7 Å². The fourth-order valence-corrected chi connectivity index (χ4v) is 1.17. The van der Waals surface area contributed by atoms with Crippen LogP contribution < -0.4 is 5.32 Å². The minimum Gasteiger partial charge on any atom is -0.480 e. The van der Waals surface area contributed by atoms with Crippen LogP contribution in [0.5, 0.6) is 0 Å². The first-order valence-corrected chi connectivity index (χ1v) is 5.25. The lowest BCUT2D eigenvalue weighted by molar-refractivity contribution is -0.138. The van der Waals surface area contributed by atoms with Gasteiger partial charge in [-0.1, -0.05) is 18.9 Å². The van der Waals surface area contributed by atoms with E-state index in [9.17, 15) is 4.79 Å². The van der Waals surface area contributed by atoms with E-state index in [1.807, 2.05) is 6.08 Å². The highest BCUT2D eigenvalue weighted by Gasteiger charge is 2.07. The summed E-state index contributed by atoms with van der Waals surface area (Å²) in [5, 5.41) is 11.5. The Hall–Kier alpha value is -0.830. The molecule has 0 amide bonds. The Morgan fingerprint density at radius 3 is 2.64 bits per heavy atom. The second kappa shape index (κ2) is 8.75. The number of carboxylic acids is 1. The average molecular weight is 199 g/mol. The molecule has 3 nitrogen and oxygen atoms in total. The van der Waals surface area contributed by atoms with Crippen molar-refractivity contribution in [3.63, 3.8) is 0 Å². The molecule has 0 bridgehead atoms. The van der Waals surface area contributed by atoms with Crippen LogP contribution in [0, 0.1) is 0 Å². The molecule has 0 aliphatic heterocycles. The Morgan fingerprint density at radius 1 is 1.43 bits per heavy atom. The van der Waals surface area contributed by atoms with Crippen LogP contribution in [0.2, 0.25) is 0 Å². The van der Waals surface area contributed by atoms with E-state index in [1.165, 1.54) is 12.8 Å². The molecule has 0 aliphatic rings. The molecule has 3 heteroatoms. The van der Waals surface area contributed by atoms with E-state index in [1.54, 1.807) is 6.92 Å². The van der Waals surface area contributed by atoms with Gasteiger partial charge in [0.1, 0.15) is 6.04 Å². The van der Waals surface area contributed by atoms with Gasteiger partial charge >= 0.3 is 5.97 Å². The molecule has 14 heavy (non-hydrogen) atoms. The van der Waals surface area contributed by atoms with Crippen molar-refractivity contribution in [3.8, 4) is 0 Å². The minimum absolute atomic E-state index is 0.428. The van der Waals surface area contributed by atoms with Crippen LogP contribution in [0.25, 0.3) is 0 Å². The van der Waals surface area contributed by atoms with Gasteiger partial charge in [0.15, 0.2) is 0 Å². The van der Waals surface area contributed by atoms with Crippen molar-refractivity contribution in [2.24, 2.45) is 0 Å². The highest BCUT2D eigenvalue weighted by Crippen LogP contribution is 2.02. The maximum atomic E-state index is 10.4. The molecule has 0 saturated heterocycles. The van der Waals surface area contributed by atoms with Crippen LogP contribution in [0.15, 0.2) is 12.7 Å². The van der Waals surface area contributed by atoms with Crippen molar-refractivity contribution in [1.82, 2.24) is 5.32 Å². The fraction of sp³-hybridized carbons (Fsp3) is 0.727. The summed E-state index contributed by atoms with van der Waals surface area (Å²) in [6.45, 7) is 6.12. The van der Waals surface area contributed by atoms with Crippen molar-refractivity contribution >= 4 is 5.97 Å². The second-order valence-electron chi connectivity index (χ2n) is 3.51. The van der Waals surface area contributed by atoms with Crippen LogP contribution in [0.3, 0.4) is 0 Å². The van der Waals surface area contributed by atoms with Gasteiger partial charge in [-0.2, -0.15) is 0 Å². The smallest absolute Gasteiger partial charge is 0.320 e. The molecule has 0 radical (unpaired) electrons. The van der Waals surface area contributed by atoms with Gasteiger partial charge < -0.3 is 10.4 Å². The predicted octanol–water partition coefficient (Wildman–Crippen LogP) is 2.19. The van der Waals surface area contributed by atoms with Crippen molar-refractivity contribution in [2.45, 2.75) is 45.1 Å². The minimum atomic E-state index is -0.781. The molecule has 0 rings (SSSR count). The Morgan fingerprint density at radius 2 is 2.07 bits per heavy atom. The summed E-state index contributed by atoms with van der Waals surface area (Å²) in [6.07, 6.45) is 7.62. The number of hydrogen-bond acceptors (Lipinski definition) is 2. The summed E-state index contributed by atoms with van der Waals surface area (Å²) in [7, 11) is 0. The molecule has 0 spiro atoms. The van der Waals surface area contributed by atoms with Gasteiger partial charge in [-0.15, -0.1) is 6.58 Å². The Balaban J connectivity index is 3.13. The van der Waals surface area contributed by atoms with E-state index in [-0.39, 0.29) is 0 Å². The average Bonchev–Trinajstić information content (AvgIpc) is 2.16. The van der Waals surface area contributed by atoms with Gasteiger partial charge in [-0.3, -0.25) is 4.79 Å². The van der Waals surface area contributed by atoms with Crippen LogP contribution in [0.1, 0.15) is 39.0 Å². The SMILES string of the molecule is C=CCCCCCCN[C@@H](C)C(=O)O. The van der Waals surface area contributed by atoms with Crippen molar-refractivity contribution in [3.05, 3.63) is 12.7 Å². The predicted molar refractivity (Wildman–Crippen MR) is 58.4 cm³/mol. The summed E-state index contributed by atoms with van der Waals surface area (Å²) in [4.78, 5) is 10.4. The molecule has 1 atom stereocenters. The summed E-state index contributed by atoms with van der Waals surface area (Å²) < 4.78 is 0. The molecule has 0 saturated carbocycles. The number of allylic oxidation sites excluding steroid dienone is 1. The van der Waals surface area contributed by atoms with Crippen molar-refractivity contribution < 1.29 is 9.90 Å². The zero-order chi connectivity index (χ0) is 10.8. The van der Waals surface area contributed by atoms with E-state index in [2.05, 4.69) is 11.9 Å². The van der Waals surface area contributed by atoms with Crippen LogP contribution >= 0.6 is 0 Å². The lowest BCUT2D eigenvalue weighted by Crippen LogP contribution is -2.34. The molecule has 2 N–H and O–H groups in total. The summed E-state index contributed by atoms with van der Waals surface area (Å²) in [5.74, 6) is -0.781. The summed E-state index contributed by atoms with van der Waals surface area (Å²) >= 11 is 0. The number of aliphatic carboxylic acids is 1. The fourth-order valence-electron chi connectivity index (χ4n) is 1.17. The van der Waals surface area contributed by atoms with E-state index in [4.69, 9.17) is 5.11 Å². The van der Waals surface area contributed by atoms with Crippen molar-refractivity contribution in [1.29, 1.82) is 0 Å². The third kappa shape index (κ3) is 7.80. The third-order valence-corrected chi connectivity index (χ3v) is 2.16. The van der Waals surface area contributed by atoms with Crippen LogP contribution in [-0.4, -0.2) is 23.7 Å². The zero-order valence-corrected chi connectivity index (χ0v) is 8.96. The van der Waals surface area contributed by atoms with Gasteiger partial charge in [0.05, 0.1) is 0 Å². The summed E-state index contributed by atoms with van der Waals surface area (Å²) in [6, 6.07) is -0.428. The molecule has 0 aromatic carbocycles. The van der Waals surface area contributed by atoms with E-state index in [0.29, 0.717) is 0 Å². The molecular weight excluding hydrogens is 178 g/mol. The highest BCUT2D eigenvalue weighted by molar-refractivity contribution is 5.72. The molecule has 0 heterocycles. The molecule has 0 aromatic rings. The first-order valence-electron chi connectivity index (χ1n) is 5.25. The zero-order valence-electron chi connectivity index (χ0n) is 8.96. The maximum Gasteiger partial charge on any atom is 0.320 e. The highest BCUT2D eigenvalue weighted by atomic mass is 16.4. The lowest BCUT2D eigenvalue weighted by Gasteiger charge is -2.08. The largest absolute Gasteiger partial charge is 0.480 e. The molecule has 82 valence electrons. The standard InChI is InChI=1S/C11H21NO2/c1-3-4-5-6-7-8-9-12-10(2)11(13)14/h3,10,12H,1,4-9H2,2H3,(H,13,14)/t10-/m0/s1. The second-order valence-corrected chi connectivity index (χ2v) is 3.51. The van der Waals surface area contributed by atoms with Crippen LogP contribution in [0.4, 0.5) is 0 Å². The summed E-state index contributed by atoms with van der Waals surface area (Å²) in [5.41, 5.74) is 0. The molecule has 0 fully saturated rings. The lowest BCUT2D eigenvalue weighted by atomic mass is 10.1. The Labute approximate surface area is 86.2 Å². The number of unbranched alkanes of at least 4 members (excludes halogenated alkanes) is 4. The van der Waals surface area contributed by atoms with E-state index >= 15 is 0 Å². The van der Waals surface area contributed by atoms with Gasteiger partial charge in [0, 0.05) is 0 Å². The van der Waals surface area contributed by atoms with E-state index in [0.717, 1.165) is 25.8 Å². The quantitative estimate of drug-likeness (QED) is 0.442. The van der Waals surface area contributed by atoms with Gasteiger partial charge in [0.25, 0.3) is 0 Å². The third-order valence-electron chi connectivity index (χ3n) is 2.16. The maximum absolute atomic E-state index is 10.4. The normalized spacial score (nSPS) is 12.4. The molecule has 0 aromatic heterocycles. The molecule has 0 aliphatic carbocycles. The number of carboxylic acid groups (broad SMARTS) is 1. The molecule has 0 unspecified atom stereocenters. The molecular formula is C11H21NO2. The van der Waals surface area contributed by atoms with Crippen molar-refractivity contribution in [2.75, 3.05) is 6.54 Å². The van der Waals surface area contributed by atoms with Gasteiger partial charge in [-0.25, -0.2) is 0 Å². The topological polar surface area (TPSA) is 49.3 Å². The Bertz CT molecular complexity index is 169. The van der Waals surface area contributed by atoms with Crippen LogP contribution in [-0.2, 0) is 4.79 Å². The van der Waals surface area contributed by atoms with Gasteiger partial charge in [0.2, 0.25) is 0 Å². The monoisotopic (exact) mass is 199 g/mol.